The van der Waals surface area contributed by atoms with Crippen LogP contribution in [0.2, 0.25) is 0 Å². The number of aromatic amines is 1. The van der Waals surface area contributed by atoms with Gasteiger partial charge in [0.2, 0.25) is 0 Å². The first-order valence-corrected chi connectivity index (χ1v) is 7.07. The number of anilines is 1. The Balaban J connectivity index is 3.02. The number of aromatic hydroxyl groups is 1. The molecular weight excluding hydrogens is 388 g/mol. The average Bonchev–Trinajstić information content (AvgIpc) is 2.47. The highest BCUT2D eigenvalue weighted by Crippen LogP contribution is 2.40. The highest BCUT2D eigenvalue weighted by Gasteiger charge is 2.28. The van der Waals surface area contributed by atoms with Crippen LogP contribution in [0.5, 0.6) is 11.5 Å². The number of benzene rings is 1. The third-order valence-corrected chi connectivity index (χ3v) is 3.87. The van der Waals surface area contributed by atoms with E-state index >= 15 is 0 Å². The lowest BCUT2D eigenvalue weighted by Crippen LogP contribution is -2.24. The van der Waals surface area contributed by atoms with E-state index in [-0.39, 0.29) is 21.5 Å². The van der Waals surface area contributed by atoms with E-state index in [0.717, 1.165) is 6.07 Å². The summed E-state index contributed by atoms with van der Waals surface area (Å²) in [5, 5.41) is 28.6. The molecule has 0 aliphatic heterocycles. The van der Waals surface area contributed by atoms with Crippen LogP contribution in [0.15, 0.2) is 21.4 Å². The zero-order chi connectivity index (χ0) is 18.2. The van der Waals surface area contributed by atoms with Crippen molar-refractivity contribution in [2.75, 3.05) is 12.8 Å². The number of phenolic OH excluding ortho intramolecular Hbond substituents is 1. The summed E-state index contributed by atoms with van der Waals surface area (Å²) >= 11 is 3.14. The minimum atomic E-state index is -1.64. The quantitative estimate of drug-likeness (QED) is 0.516. The fraction of sp³-hybridized carbons (Fsp3) is 0.0714. The molecule has 0 unspecified atom stereocenters. The number of aromatic carboxylic acids is 2. The highest BCUT2D eigenvalue weighted by molar-refractivity contribution is 9.10. The molecule has 0 amide bonds. The van der Waals surface area contributed by atoms with Crippen molar-refractivity contribution in [3.63, 3.8) is 0 Å². The molecule has 1 aromatic carbocycles. The van der Waals surface area contributed by atoms with Crippen molar-refractivity contribution in [3.05, 3.63) is 38.1 Å². The van der Waals surface area contributed by atoms with Crippen LogP contribution in [0.3, 0.4) is 0 Å². The zero-order valence-corrected chi connectivity index (χ0v) is 13.7. The number of hydrogen-bond donors (Lipinski definition) is 5. The van der Waals surface area contributed by atoms with Gasteiger partial charge < -0.3 is 30.8 Å². The third-order valence-electron chi connectivity index (χ3n) is 3.21. The van der Waals surface area contributed by atoms with E-state index in [1.807, 2.05) is 4.98 Å². The predicted octanol–water partition coefficient (Wildman–Crippen LogP) is 1.50. The lowest BCUT2D eigenvalue weighted by Gasteiger charge is -2.15. The summed E-state index contributed by atoms with van der Waals surface area (Å²) in [6.07, 6.45) is 0. The lowest BCUT2D eigenvalue weighted by molar-refractivity contribution is 0.0695. The van der Waals surface area contributed by atoms with Gasteiger partial charge in [-0.1, -0.05) is 15.9 Å². The number of hydrogen-bond acceptors (Lipinski definition) is 6. The number of nitrogens with two attached hydrogens (primary N) is 1. The molecule has 0 radical (unpaired) electrons. The normalized spacial score (nSPS) is 10.4. The van der Waals surface area contributed by atoms with Crippen LogP contribution in [0.4, 0.5) is 5.82 Å². The van der Waals surface area contributed by atoms with Crippen LogP contribution in [0, 0.1) is 0 Å². The van der Waals surface area contributed by atoms with Crippen LogP contribution < -0.4 is 16.0 Å². The van der Waals surface area contributed by atoms with E-state index in [9.17, 15) is 29.7 Å². The maximum absolute atomic E-state index is 12.0. The minimum Gasteiger partial charge on any atom is -0.504 e. The number of methoxy groups -OCH3 is 1. The second-order valence-electron chi connectivity index (χ2n) is 4.61. The first-order chi connectivity index (χ1) is 11.2. The fourth-order valence-corrected chi connectivity index (χ4v) is 2.74. The molecule has 0 atom stereocenters. The second-order valence-corrected chi connectivity index (χ2v) is 5.46. The van der Waals surface area contributed by atoms with Crippen molar-refractivity contribution in [2.45, 2.75) is 0 Å². The third kappa shape index (κ3) is 2.78. The summed E-state index contributed by atoms with van der Waals surface area (Å²) in [6, 6.07) is 2.38. The number of carboxylic acid groups (broad SMARTS) is 2. The minimum absolute atomic E-state index is 0.0408. The Hall–Kier alpha value is -3.01. The van der Waals surface area contributed by atoms with Crippen molar-refractivity contribution < 1.29 is 29.6 Å². The van der Waals surface area contributed by atoms with Crippen molar-refractivity contribution in [1.29, 1.82) is 0 Å². The molecule has 1 heterocycles. The van der Waals surface area contributed by atoms with Gasteiger partial charge in [-0.3, -0.25) is 4.79 Å². The van der Waals surface area contributed by atoms with Crippen LogP contribution in [-0.4, -0.2) is 39.4 Å². The Morgan fingerprint density at radius 1 is 1.21 bits per heavy atom. The largest absolute Gasteiger partial charge is 0.504 e. The van der Waals surface area contributed by atoms with Gasteiger partial charge in [0.15, 0.2) is 11.5 Å². The number of rotatable bonds is 4. The molecule has 2 aromatic rings. The van der Waals surface area contributed by atoms with Gasteiger partial charge in [0.05, 0.1) is 7.11 Å². The van der Waals surface area contributed by atoms with E-state index in [1.165, 1.54) is 13.2 Å². The first-order valence-electron chi connectivity index (χ1n) is 6.28. The molecule has 0 aliphatic carbocycles. The Kier molecular flexibility index (Phi) is 4.51. The number of ether oxygens (including phenoxy) is 1. The molecule has 0 saturated carbocycles. The maximum Gasteiger partial charge on any atom is 0.342 e. The molecule has 9 nitrogen and oxygen atoms in total. The number of nitrogens with one attached hydrogen (secondary N) is 1. The Morgan fingerprint density at radius 3 is 2.29 bits per heavy atom. The summed E-state index contributed by atoms with van der Waals surface area (Å²) in [5.74, 6) is -3.99. The topological polar surface area (TPSA) is 163 Å². The van der Waals surface area contributed by atoms with Crippen molar-refractivity contribution in [2.24, 2.45) is 0 Å². The highest BCUT2D eigenvalue weighted by atomic mass is 79.9. The zero-order valence-electron chi connectivity index (χ0n) is 12.1. The van der Waals surface area contributed by atoms with E-state index in [2.05, 4.69) is 15.9 Å². The smallest absolute Gasteiger partial charge is 0.342 e. The summed E-state index contributed by atoms with van der Waals surface area (Å²) < 4.78 is 5.12. The van der Waals surface area contributed by atoms with Crippen molar-refractivity contribution >= 4 is 33.7 Å². The van der Waals surface area contributed by atoms with Crippen molar-refractivity contribution in [1.82, 2.24) is 4.98 Å². The number of phenols is 1. The number of nitrogen functional groups attached to an aromatic ring is 1. The van der Waals surface area contributed by atoms with E-state index in [1.54, 1.807) is 0 Å². The molecule has 24 heavy (non-hydrogen) atoms. The molecule has 0 aliphatic rings. The summed E-state index contributed by atoms with van der Waals surface area (Å²) in [7, 11) is 1.30. The number of pyridine rings is 1. The molecule has 0 spiro atoms. The Labute approximate surface area is 142 Å². The summed E-state index contributed by atoms with van der Waals surface area (Å²) in [5.41, 5.74) is 2.59. The van der Waals surface area contributed by atoms with Gasteiger partial charge >= 0.3 is 11.9 Å². The van der Waals surface area contributed by atoms with Gasteiger partial charge in [0, 0.05) is 15.6 Å². The molecule has 1 aromatic heterocycles. The van der Waals surface area contributed by atoms with Gasteiger partial charge in [-0.25, -0.2) is 9.59 Å². The van der Waals surface area contributed by atoms with Crippen LogP contribution in [-0.2, 0) is 0 Å². The molecule has 0 bridgehead atoms. The Bertz CT molecular complexity index is 920. The van der Waals surface area contributed by atoms with Gasteiger partial charge in [-0.05, 0) is 12.1 Å². The van der Waals surface area contributed by atoms with Gasteiger partial charge in [0.1, 0.15) is 16.9 Å². The molecule has 10 heteroatoms. The first kappa shape index (κ1) is 17.3. The summed E-state index contributed by atoms with van der Waals surface area (Å²) in [6.45, 7) is 0. The number of H-pyrrole nitrogens is 1. The maximum atomic E-state index is 12.0. The van der Waals surface area contributed by atoms with Crippen LogP contribution >= 0.6 is 15.9 Å². The molecule has 0 saturated heterocycles. The van der Waals surface area contributed by atoms with Crippen molar-refractivity contribution in [3.8, 4) is 22.6 Å². The van der Waals surface area contributed by atoms with Crippen LogP contribution in [0.1, 0.15) is 20.7 Å². The monoisotopic (exact) mass is 398 g/mol. The lowest BCUT2D eigenvalue weighted by atomic mass is 9.95. The average molecular weight is 399 g/mol. The van der Waals surface area contributed by atoms with E-state index in [4.69, 9.17) is 10.5 Å². The Morgan fingerprint density at radius 2 is 1.79 bits per heavy atom. The van der Waals surface area contributed by atoms with Gasteiger partial charge in [-0.15, -0.1) is 0 Å². The molecule has 6 N–H and O–H groups in total. The van der Waals surface area contributed by atoms with E-state index < -0.39 is 40.0 Å². The fourth-order valence-electron chi connectivity index (χ4n) is 2.21. The molecular formula is C14H11BrN2O7. The van der Waals surface area contributed by atoms with Crippen LogP contribution in [0.25, 0.3) is 11.1 Å². The number of carbonyl (C=O) groups is 2. The predicted molar refractivity (Wildman–Crippen MR) is 86.7 cm³/mol. The second kappa shape index (κ2) is 6.24. The number of aromatic nitrogens is 1. The van der Waals surface area contributed by atoms with Gasteiger partial charge in [0.25, 0.3) is 5.56 Å². The number of halogens is 1. The van der Waals surface area contributed by atoms with Gasteiger partial charge in [-0.2, -0.15) is 0 Å². The number of carboxylic acids is 2. The molecule has 2 rings (SSSR count). The molecule has 126 valence electrons. The SMILES string of the molecule is COc1cc(Br)c(-c2c(C(=O)O)c(N)[nH]c(=O)c2C(=O)O)cc1O. The standard InChI is InChI=1S/C14H11BrN2O7/c1-24-7-3-5(15)4(2-6(7)18)8-9(13(20)21)11(16)17-12(19)10(8)14(22)23/h2-3,18H,1H3,(H,20,21)(H,22,23)(H3,16,17,19). The summed E-state index contributed by atoms with van der Waals surface area (Å²) in [4.78, 5) is 36.9. The van der Waals surface area contributed by atoms with E-state index in [0.29, 0.717) is 0 Å². The molecule has 0 fully saturated rings.